The minimum atomic E-state index is -4.40. The monoisotopic (exact) mass is 443 g/mol. The number of anilines is 2. The van der Waals surface area contributed by atoms with Crippen LogP contribution in [0.1, 0.15) is 16.7 Å². The predicted octanol–water partition coefficient (Wildman–Crippen LogP) is 4.19. The van der Waals surface area contributed by atoms with Crippen LogP contribution in [0, 0.1) is 5.92 Å². The smallest absolute Gasteiger partial charge is 0.416 e. The largest absolute Gasteiger partial charge is 0.497 e. The maximum Gasteiger partial charge on any atom is 0.416 e. The van der Waals surface area contributed by atoms with Crippen molar-refractivity contribution in [1.82, 2.24) is 4.57 Å². The zero-order valence-corrected chi connectivity index (χ0v) is 17.6. The highest BCUT2D eigenvalue weighted by Crippen LogP contribution is 2.36. The van der Waals surface area contributed by atoms with Gasteiger partial charge in [-0.2, -0.15) is 13.2 Å². The zero-order chi connectivity index (χ0) is 22.9. The van der Waals surface area contributed by atoms with E-state index in [4.69, 9.17) is 10.5 Å². The van der Waals surface area contributed by atoms with Crippen LogP contribution in [0.3, 0.4) is 0 Å². The topological polar surface area (TPSA) is 60.5 Å². The molecule has 0 saturated carbocycles. The number of hydrogen-bond acceptors (Lipinski definition) is 4. The summed E-state index contributed by atoms with van der Waals surface area (Å²) in [4.78, 5) is 15.2. The van der Waals surface area contributed by atoms with Gasteiger partial charge in [0.1, 0.15) is 5.75 Å². The molecule has 2 aromatic carbocycles. The number of rotatable bonds is 5. The number of aromatic nitrogens is 1. The van der Waals surface area contributed by atoms with Crippen molar-refractivity contribution in [1.29, 1.82) is 0 Å². The number of nitrogens with zero attached hydrogens (tertiary/aromatic N) is 2. The van der Waals surface area contributed by atoms with Crippen molar-refractivity contribution in [2.75, 3.05) is 25.1 Å². The van der Waals surface area contributed by atoms with E-state index in [1.165, 1.54) is 12.1 Å². The molecule has 1 unspecified atom stereocenters. The summed E-state index contributed by atoms with van der Waals surface area (Å²) in [6, 6.07) is 14.3. The number of nitrogens with two attached hydrogens (primary N) is 1. The average molecular weight is 443 g/mol. The minimum Gasteiger partial charge on any atom is -0.497 e. The van der Waals surface area contributed by atoms with Crippen LogP contribution in [0.15, 0.2) is 65.6 Å². The molecular formula is C24H24F3N3O2. The molecule has 5 nitrogen and oxygen atoms in total. The molecule has 0 bridgehead atoms. The number of benzene rings is 2. The fourth-order valence-corrected chi connectivity index (χ4v) is 4.05. The molecule has 0 fully saturated rings. The summed E-state index contributed by atoms with van der Waals surface area (Å²) < 4.78 is 45.7. The van der Waals surface area contributed by atoms with Gasteiger partial charge in [-0.3, -0.25) is 4.79 Å². The third-order valence-electron chi connectivity index (χ3n) is 5.82. The summed E-state index contributed by atoms with van der Waals surface area (Å²) in [7, 11) is 1.60. The Hall–Kier alpha value is -3.26. The van der Waals surface area contributed by atoms with Crippen LogP contribution < -0.4 is 20.9 Å². The molecule has 1 atom stereocenters. The SMILES string of the molecule is COc1ccc(Cn2ccc3c(c2=O)CC(CN)CN3c2ccc(C(F)(F)F)cc2)cc1. The first-order chi connectivity index (χ1) is 15.3. The maximum atomic E-state index is 13.3. The van der Waals surface area contributed by atoms with Gasteiger partial charge >= 0.3 is 6.18 Å². The van der Waals surface area contributed by atoms with Gasteiger partial charge in [-0.25, -0.2) is 0 Å². The van der Waals surface area contributed by atoms with Crippen LogP contribution in [0.5, 0.6) is 5.75 Å². The van der Waals surface area contributed by atoms with E-state index < -0.39 is 11.7 Å². The number of methoxy groups -OCH3 is 1. The van der Waals surface area contributed by atoms with Gasteiger partial charge in [0, 0.05) is 24.0 Å². The highest BCUT2D eigenvalue weighted by Gasteiger charge is 2.31. The molecule has 1 aliphatic heterocycles. The van der Waals surface area contributed by atoms with Crippen LogP contribution in [-0.4, -0.2) is 24.8 Å². The first kappa shape index (κ1) is 22.0. The summed E-state index contributed by atoms with van der Waals surface area (Å²) in [6.45, 7) is 1.32. The highest BCUT2D eigenvalue weighted by molar-refractivity contribution is 5.67. The lowest BCUT2D eigenvalue weighted by Crippen LogP contribution is -2.40. The number of hydrogen-bond donors (Lipinski definition) is 1. The second-order valence-electron chi connectivity index (χ2n) is 7.92. The number of pyridine rings is 1. The molecule has 2 N–H and O–H groups in total. The van der Waals surface area contributed by atoms with E-state index >= 15 is 0 Å². The lowest BCUT2D eigenvalue weighted by Gasteiger charge is -2.35. The van der Waals surface area contributed by atoms with Gasteiger partial charge in [0.2, 0.25) is 0 Å². The molecule has 168 valence electrons. The molecule has 0 radical (unpaired) electrons. The number of alkyl halides is 3. The fourth-order valence-electron chi connectivity index (χ4n) is 4.05. The van der Waals surface area contributed by atoms with Crippen LogP contribution in [-0.2, 0) is 19.1 Å². The highest BCUT2D eigenvalue weighted by atomic mass is 19.4. The second-order valence-corrected chi connectivity index (χ2v) is 7.92. The van der Waals surface area contributed by atoms with Gasteiger partial charge in [-0.15, -0.1) is 0 Å². The predicted molar refractivity (Wildman–Crippen MR) is 117 cm³/mol. The molecule has 1 aliphatic rings. The van der Waals surface area contributed by atoms with Crippen LogP contribution in [0.4, 0.5) is 24.5 Å². The van der Waals surface area contributed by atoms with E-state index in [9.17, 15) is 18.0 Å². The molecular weight excluding hydrogens is 419 g/mol. The normalized spacial score (nSPS) is 16.0. The van der Waals surface area contributed by atoms with Crippen molar-refractivity contribution in [2.24, 2.45) is 11.7 Å². The van der Waals surface area contributed by atoms with E-state index in [1.54, 1.807) is 17.9 Å². The van der Waals surface area contributed by atoms with E-state index in [1.807, 2.05) is 35.2 Å². The lowest BCUT2D eigenvalue weighted by atomic mass is 9.93. The number of fused-ring (bicyclic) bond motifs is 1. The molecule has 0 aliphatic carbocycles. The summed E-state index contributed by atoms with van der Waals surface area (Å²) >= 11 is 0. The molecule has 0 saturated heterocycles. The third kappa shape index (κ3) is 4.36. The quantitative estimate of drug-likeness (QED) is 0.642. The third-order valence-corrected chi connectivity index (χ3v) is 5.82. The van der Waals surface area contributed by atoms with Crippen molar-refractivity contribution in [3.63, 3.8) is 0 Å². The van der Waals surface area contributed by atoms with Crippen molar-refractivity contribution in [2.45, 2.75) is 19.1 Å². The number of halogens is 3. The van der Waals surface area contributed by atoms with E-state index in [2.05, 4.69) is 0 Å². The Balaban J connectivity index is 1.68. The second kappa shape index (κ2) is 8.70. The Kier molecular flexibility index (Phi) is 5.97. The summed E-state index contributed by atoms with van der Waals surface area (Å²) in [5, 5.41) is 0. The molecule has 8 heteroatoms. The van der Waals surface area contributed by atoms with Crippen LogP contribution >= 0.6 is 0 Å². The first-order valence-electron chi connectivity index (χ1n) is 10.3. The molecule has 0 amide bonds. The summed E-state index contributed by atoms with van der Waals surface area (Å²) in [5.41, 5.74) is 8.00. The first-order valence-corrected chi connectivity index (χ1v) is 10.3. The van der Waals surface area contributed by atoms with Gasteiger partial charge in [0.05, 0.1) is 24.9 Å². The van der Waals surface area contributed by atoms with E-state index in [0.29, 0.717) is 43.0 Å². The molecule has 4 rings (SSSR count). The zero-order valence-electron chi connectivity index (χ0n) is 17.6. The average Bonchev–Trinajstić information content (AvgIpc) is 2.80. The fraction of sp³-hybridized carbons (Fsp3) is 0.292. The summed E-state index contributed by atoms with van der Waals surface area (Å²) in [6.07, 6.45) is -2.14. The van der Waals surface area contributed by atoms with Gasteiger partial charge in [-0.1, -0.05) is 12.1 Å². The van der Waals surface area contributed by atoms with E-state index in [-0.39, 0.29) is 11.5 Å². The molecule has 1 aromatic heterocycles. The minimum absolute atomic E-state index is 0.0225. The van der Waals surface area contributed by atoms with Crippen LogP contribution in [0.25, 0.3) is 0 Å². The Morgan fingerprint density at radius 1 is 1.06 bits per heavy atom. The van der Waals surface area contributed by atoms with Crippen molar-refractivity contribution in [3.8, 4) is 5.75 Å². The Bertz CT molecular complexity index is 1140. The molecule has 32 heavy (non-hydrogen) atoms. The lowest BCUT2D eigenvalue weighted by molar-refractivity contribution is -0.137. The standard InChI is InChI=1S/C24H24F3N3O2/c1-32-20-8-2-16(3-9-20)14-29-11-10-22-21(23(29)31)12-17(13-28)15-30(22)19-6-4-18(5-7-19)24(25,26)27/h2-11,17H,12-15,28H2,1H3. The van der Waals surface area contributed by atoms with Crippen molar-refractivity contribution >= 4 is 11.4 Å². The van der Waals surface area contributed by atoms with E-state index in [0.717, 1.165) is 23.4 Å². The van der Waals surface area contributed by atoms with Gasteiger partial charge in [-0.05, 0) is 66.9 Å². The van der Waals surface area contributed by atoms with Crippen LogP contribution in [0.2, 0.25) is 0 Å². The van der Waals surface area contributed by atoms with Crippen molar-refractivity contribution in [3.05, 3.63) is 87.8 Å². The molecule has 0 spiro atoms. The van der Waals surface area contributed by atoms with Gasteiger partial charge in [0.25, 0.3) is 5.56 Å². The summed E-state index contributed by atoms with van der Waals surface area (Å²) in [5.74, 6) is 0.763. The van der Waals surface area contributed by atoms with Gasteiger partial charge in [0.15, 0.2) is 0 Å². The Morgan fingerprint density at radius 3 is 2.34 bits per heavy atom. The Labute approximate surface area is 183 Å². The molecule has 2 heterocycles. The van der Waals surface area contributed by atoms with Gasteiger partial charge < -0.3 is 19.9 Å². The molecule has 3 aromatic rings. The van der Waals surface area contributed by atoms with Crippen molar-refractivity contribution < 1.29 is 17.9 Å². The maximum absolute atomic E-state index is 13.3. The Morgan fingerprint density at radius 2 is 1.75 bits per heavy atom. The number of ether oxygens (including phenoxy) is 1.